The number of aliphatic hydroxyl groups is 1. The largest absolute Gasteiger partial charge is 0.399 e. The fourth-order valence-electron chi connectivity index (χ4n) is 1.67. The maximum atomic E-state index is 12.9. The van der Waals surface area contributed by atoms with E-state index in [1.54, 1.807) is 4.72 Å². The summed E-state index contributed by atoms with van der Waals surface area (Å²) >= 11 is 0. The van der Waals surface area contributed by atoms with Crippen molar-refractivity contribution in [3.63, 3.8) is 0 Å². The van der Waals surface area contributed by atoms with Gasteiger partial charge in [-0.25, -0.2) is 21.9 Å². The highest BCUT2D eigenvalue weighted by atomic mass is 32.2. The number of anilines is 1. The Morgan fingerprint density at radius 2 is 2.10 bits per heavy atom. The van der Waals surface area contributed by atoms with E-state index in [1.807, 2.05) is 0 Å². The van der Waals surface area contributed by atoms with Crippen molar-refractivity contribution in [2.24, 2.45) is 0 Å². The van der Waals surface area contributed by atoms with Gasteiger partial charge in [-0.15, -0.1) is 0 Å². The Morgan fingerprint density at radius 3 is 2.75 bits per heavy atom. The zero-order valence-corrected chi connectivity index (χ0v) is 11.0. The van der Waals surface area contributed by atoms with Gasteiger partial charge in [-0.3, -0.25) is 0 Å². The molecule has 0 fully saturated rings. The van der Waals surface area contributed by atoms with Crippen LogP contribution in [0, 0.1) is 0 Å². The second-order valence-corrected chi connectivity index (χ2v) is 6.03. The van der Waals surface area contributed by atoms with Crippen molar-refractivity contribution in [3.8, 4) is 0 Å². The maximum absolute atomic E-state index is 12.9. The van der Waals surface area contributed by atoms with E-state index >= 15 is 0 Å². The average Bonchev–Trinajstić information content (AvgIpc) is 2.80. The second-order valence-electron chi connectivity index (χ2n) is 4.30. The summed E-state index contributed by atoms with van der Waals surface area (Å²) in [5, 5.41) is 8.77. The van der Waals surface area contributed by atoms with Gasteiger partial charge in [0.15, 0.2) is 0 Å². The molecule has 0 amide bonds. The molecule has 0 unspecified atom stereocenters. The van der Waals surface area contributed by atoms with Crippen LogP contribution in [-0.4, -0.2) is 37.6 Å². The second kappa shape index (κ2) is 5.00. The van der Waals surface area contributed by atoms with Gasteiger partial charge in [-0.2, -0.15) is 0 Å². The molecule has 0 radical (unpaired) electrons. The highest BCUT2D eigenvalue weighted by molar-refractivity contribution is 7.89. The normalized spacial score (nSPS) is 12.9. The van der Waals surface area contributed by atoms with Crippen LogP contribution in [0.2, 0.25) is 0 Å². The third-order valence-electron chi connectivity index (χ3n) is 2.71. The van der Waals surface area contributed by atoms with Crippen molar-refractivity contribution in [3.05, 3.63) is 24.4 Å². The zero-order valence-electron chi connectivity index (χ0n) is 10.2. The lowest BCUT2D eigenvalue weighted by molar-refractivity contribution is -0.0437. The summed E-state index contributed by atoms with van der Waals surface area (Å²) in [6.45, 7) is -2.60. The average molecular weight is 305 g/mol. The molecule has 6 nitrogen and oxygen atoms in total. The first-order valence-electron chi connectivity index (χ1n) is 5.60. The molecule has 0 saturated carbocycles. The number of aromatic nitrogens is 1. The number of nitrogen functional groups attached to an aromatic ring is 1. The van der Waals surface area contributed by atoms with Gasteiger partial charge in [0.1, 0.15) is 11.5 Å². The van der Waals surface area contributed by atoms with Crippen molar-refractivity contribution >= 4 is 26.6 Å². The minimum atomic E-state index is -4.11. The van der Waals surface area contributed by atoms with Crippen LogP contribution in [0.4, 0.5) is 14.5 Å². The number of H-pyrrole nitrogens is 1. The number of rotatable bonds is 5. The first kappa shape index (κ1) is 14.7. The lowest BCUT2D eigenvalue weighted by atomic mass is 10.2. The van der Waals surface area contributed by atoms with Gasteiger partial charge < -0.3 is 15.8 Å². The van der Waals surface area contributed by atoms with Gasteiger partial charge in [0, 0.05) is 22.8 Å². The van der Waals surface area contributed by atoms with Crippen molar-refractivity contribution in [1.82, 2.24) is 9.71 Å². The standard InChI is InChI=1S/C11H13F2N3O3S/c12-11(13,6-17)5-16-20(18,19)10-4-15-9-3-7(14)1-2-8(9)10/h1-4,15-17H,5-6,14H2. The summed E-state index contributed by atoms with van der Waals surface area (Å²) in [6.07, 6.45) is 1.20. The van der Waals surface area contributed by atoms with Crippen LogP contribution < -0.4 is 10.5 Å². The molecule has 5 N–H and O–H groups in total. The van der Waals surface area contributed by atoms with E-state index in [2.05, 4.69) is 4.98 Å². The van der Waals surface area contributed by atoms with E-state index < -0.39 is 29.1 Å². The zero-order chi connectivity index (χ0) is 15.0. The van der Waals surface area contributed by atoms with Crippen LogP contribution in [0.5, 0.6) is 0 Å². The maximum Gasteiger partial charge on any atom is 0.283 e. The van der Waals surface area contributed by atoms with Gasteiger partial charge in [0.25, 0.3) is 5.92 Å². The number of hydrogen-bond donors (Lipinski definition) is 4. The number of sulfonamides is 1. The fourth-order valence-corrected chi connectivity index (χ4v) is 2.91. The molecule has 110 valence electrons. The number of hydrogen-bond acceptors (Lipinski definition) is 4. The lowest BCUT2D eigenvalue weighted by Gasteiger charge is -2.13. The number of nitrogens with one attached hydrogen (secondary N) is 2. The molecule has 0 aliphatic carbocycles. The Hall–Kier alpha value is -1.71. The van der Waals surface area contributed by atoms with E-state index in [-0.39, 0.29) is 4.90 Å². The van der Waals surface area contributed by atoms with Crippen LogP contribution in [0.3, 0.4) is 0 Å². The predicted octanol–water partition coefficient (Wildman–Crippen LogP) is 0.656. The molecule has 1 aromatic carbocycles. The molecule has 1 heterocycles. The van der Waals surface area contributed by atoms with Crippen LogP contribution >= 0.6 is 0 Å². The number of benzene rings is 1. The van der Waals surface area contributed by atoms with Crippen molar-refractivity contribution in [1.29, 1.82) is 0 Å². The SMILES string of the molecule is Nc1ccc2c(S(=O)(=O)NCC(F)(F)CO)c[nH]c2c1. The highest BCUT2D eigenvalue weighted by Gasteiger charge is 2.31. The third kappa shape index (κ3) is 2.89. The van der Waals surface area contributed by atoms with Crippen molar-refractivity contribution < 1.29 is 22.3 Å². The number of fused-ring (bicyclic) bond motifs is 1. The quantitative estimate of drug-likeness (QED) is 0.608. The summed E-state index contributed by atoms with van der Waals surface area (Å²) < 4.78 is 51.5. The molecule has 9 heteroatoms. The minimum Gasteiger partial charge on any atom is -0.399 e. The Balaban J connectivity index is 2.33. The molecule has 1 aromatic heterocycles. The van der Waals surface area contributed by atoms with E-state index in [4.69, 9.17) is 10.8 Å². The Labute approximate surface area is 113 Å². The van der Waals surface area contributed by atoms with E-state index in [1.165, 1.54) is 24.4 Å². The van der Waals surface area contributed by atoms with E-state index in [0.717, 1.165) is 0 Å². The molecule has 0 spiro atoms. The Bertz CT molecular complexity index is 728. The molecule has 2 aromatic rings. The van der Waals surface area contributed by atoms with Crippen LogP contribution in [0.1, 0.15) is 0 Å². The summed E-state index contributed by atoms with van der Waals surface area (Å²) in [6, 6.07) is 4.54. The first-order chi connectivity index (χ1) is 9.25. The molecule has 0 saturated heterocycles. The van der Waals surface area contributed by atoms with Crippen molar-refractivity contribution in [2.75, 3.05) is 18.9 Å². The summed E-state index contributed by atoms with van der Waals surface area (Å²) in [5.41, 5.74) is 6.50. The minimum absolute atomic E-state index is 0.152. The molecule has 0 aliphatic rings. The van der Waals surface area contributed by atoms with Gasteiger partial charge in [0.2, 0.25) is 10.0 Å². The van der Waals surface area contributed by atoms with Crippen LogP contribution in [0.25, 0.3) is 10.9 Å². The van der Waals surface area contributed by atoms with Gasteiger partial charge >= 0.3 is 0 Å². The number of halogens is 2. The van der Waals surface area contributed by atoms with Gasteiger partial charge in [-0.05, 0) is 18.2 Å². The number of aromatic amines is 1. The van der Waals surface area contributed by atoms with E-state index in [0.29, 0.717) is 16.6 Å². The summed E-state index contributed by atoms with van der Waals surface area (Å²) in [7, 11) is -4.11. The number of aliphatic hydroxyl groups excluding tert-OH is 1. The van der Waals surface area contributed by atoms with Gasteiger partial charge in [-0.1, -0.05) is 0 Å². The fraction of sp³-hybridized carbons (Fsp3) is 0.273. The lowest BCUT2D eigenvalue weighted by Crippen LogP contribution is -2.38. The number of nitrogens with two attached hydrogens (primary N) is 1. The van der Waals surface area contributed by atoms with Crippen LogP contribution in [0.15, 0.2) is 29.3 Å². The topological polar surface area (TPSA) is 108 Å². The molecular formula is C11H13F2N3O3S. The van der Waals surface area contributed by atoms with E-state index in [9.17, 15) is 17.2 Å². The van der Waals surface area contributed by atoms with Crippen molar-refractivity contribution in [2.45, 2.75) is 10.8 Å². The van der Waals surface area contributed by atoms with Crippen LogP contribution in [-0.2, 0) is 10.0 Å². The molecule has 20 heavy (non-hydrogen) atoms. The summed E-state index contributed by atoms with van der Waals surface area (Å²) in [5.74, 6) is -3.51. The molecule has 2 rings (SSSR count). The third-order valence-corrected chi connectivity index (χ3v) is 4.15. The van der Waals surface area contributed by atoms with Gasteiger partial charge in [0.05, 0.1) is 6.54 Å². The smallest absolute Gasteiger partial charge is 0.283 e. The molecular weight excluding hydrogens is 292 g/mol. The predicted molar refractivity (Wildman–Crippen MR) is 69.9 cm³/mol. The first-order valence-corrected chi connectivity index (χ1v) is 7.08. The Kier molecular flexibility index (Phi) is 3.67. The molecule has 0 aliphatic heterocycles. The number of alkyl halides is 2. The Morgan fingerprint density at radius 1 is 1.40 bits per heavy atom. The monoisotopic (exact) mass is 305 g/mol. The highest BCUT2D eigenvalue weighted by Crippen LogP contribution is 2.24. The summed E-state index contributed by atoms with van der Waals surface area (Å²) in [4.78, 5) is 2.56. The molecule has 0 atom stereocenters. The molecule has 0 bridgehead atoms.